The molecule has 3 aromatic rings. The van der Waals surface area contributed by atoms with E-state index in [0.717, 1.165) is 41.5 Å². The van der Waals surface area contributed by atoms with Crippen LogP contribution in [0.4, 0.5) is 5.69 Å². The standard InChI is InChI=1S/C24H26ClNO3/c1-5-6-7-17-10-21(27)29-23-18(17)11-20(25)24-19(23)12-26(13-28-24)22-15(3)8-14(2)9-16(22)4/h8-11H,5-7,12-13H2,1-4H3. The minimum atomic E-state index is -0.326. The highest BCUT2D eigenvalue weighted by molar-refractivity contribution is 6.33. The molecule has 4 nitrogen and oxygen atoms in total. The summed E-state index contributed by atoms with van der Waals surface area (Å²) in [6.07, 6.45) is 2.90. The number of benzene rings is 2. The van der Waals surface area contributed by atoms with Crippen molar-refractivity contribution in [2.45, 2.75) is 53.5 Å². The van der Waals surface area contributed by atoms with Gasteiger partial charge in [-0.1, -0.05) is 42.6 Å². The molecule has 2 heterocycles. The summed E-state index contributed by atoms with van der Waals surface area (Å²) < 4.78 is 11.7. The number of halogens is 1. The largest absolute Gasteiger partial charge is 0.471 e. The first kappa shape index (κ1) is 19.8. The Morgan fingerprint density at radius 1 is 1.10 bits per heavy atom. The Labute approximate surface area is 176 Å². The van der Waals surface area contributed by atoms with Gasteiger partial charge in [-0.05, 0) is 56.4 Å². The summed E-state index contributed by atoms with van der Waals surface area (Å²) in [7, 11) is 0. The van der Waals surface area contributed by atoms with Crippen molar-refractivity contribution in [3.05, 3.63) is 67.5 Å². The number of rotatable bonds is 4. The van der Waals surface area contributed by atoms with E-state index in [1.165, 1.54) is 16.7 Å². The van der Waals surface area contributed by atoms with Crippen molar-refractivity contribution in [2.24, 2.45) is 0 Å². The second-order valence-corrected chi connectivity index (χ2v) is 8.36. The van der Waals surface area contributed by atoms with Crippen molar-refractivity contribution in [2.75, 3.05) is 11.6 Å². The van der Waals surface area contributed by atoms with Crippen LogP contribution in [0.2, 0.25) is 5.02 Å². The molecule has 0 saturated carbocycles. The zero-order valence-corrected chi connectivity index (χ0v) is 18.2. The average Bonchev–Trinajstić information content (AvgIpc) is 2.66. The summed E-state index contributed by atoms with van der Waals surface area (Å²) in [4.78, 5) is 14.5. The zero-order valence-electron chi connectivity index (χ0n) is 17.4. The van der Waals surface area contributed by atoms with E-state index in [-0.39, 0.29) is 5.63 Å². The van der Waals surface area contributed by atoms with E-state index in [1.54, 1.807) is 6.07 Å². The van der Waals surface area contributed by atoms with Crippen LogP contribution < -0.4 is 15.3 Å². The highest BCUT2D eigenvalue weighted by atomic mass is 35.5. The summed E-state index contributed by atoms with van der Waals surface area (Å²) in [5.74, 6) is 0.619. The van der Waals surface area contributed by atoms with Gasteiger partial charge in [-0.25, -0.2) is 4.79 Å². The lowest BCUT2D eigenvalue weighted by molar-refractivity contribution is 0.289. The fourth-order valence-electron chi connectivity index (χ4n) is 4.44. The molecule has 0 amide bonds. The van der Waals surface area contributed by atoms with Gasteiger partial charge < -0.3 is 14.1 Å². The normalized spacial score (nSPS) is 13.5. The van der Waals surface area contributed by atoms with E-state index >= 15 is 0 Å². The lowest BCUT2D eigenvalue weighted by Gasteiger charge is -2.33. The van der Waals surface area contributed by atoms with Gasteiger partial charge in [0.25, 0.3) is 0 Å². The minimum absolute atomic E-state index is 0.326. The maximum atomic E-state index is 12.3. The molecule has 0 atom stereocenters. The second kappa shape index (κ2) is 7.75. The highest BCUT2D eigenvalue weighted by Crippen LogP contribution is 2.41. The van der Waals surface area contributed by atoms with E-state index in [9.17, 15) is 4.79 Å². The molecule has 29 heavy (non-hydrogen) atoms. The van der Waals surface area contributed by atoms with Crippen LogP contribution in [0.5, 0.6) is 5.75 Å². The van der Waals surface area contributed by atoms with Gasteiger partial charge in [0.05, 0.1) is 17.1 Å². The van der Waals surface area contributed by atoms with Crippen LogP contribution in [0, 0.1) is 20.8 Å². The average molecular weight is 412 g/mol. The Balaban J connectivity index is 1.86. The molecule has 0 radical (unpaired) electrons. The molecule has 2 aromatic carbocycles. The van der Waals surface area contributed by atoms with Gasteiger partial charge in [-0.15, -0.1) is 0 Å². The van der Waals surface area contributed by atoms with Crippen molar-refractivity contribution in [1.29, 1.82) is 0 Å². The van der Waals surface area contributed by atoms with Crippen molar-refractivity contribution < 1.29 is 9.15 Å². The van der Waals surface area contributed by atoms with Gasteiger partial charge in [0.2, 0.25) is 0 Å². The number of fused-ring (bicyclic) bond motifs is 3. The molecule has 152 valence electrons. The maximum absolute atomic E-state index is 12.3. The summed E-state index contributed by atoms with van der Waals surface area (Å²) in [6.45, 7) is 9.46. The third-order valence-electron chi connectivity index (χ3n) is 5.59. The number of aryl methyl sites for hydroxylation is 4. The quantitative estimate of drug-likeness (QED) is 0.488. The fourth-order valence-corrected chi connectivity index (χ4v) is 4.72. The number of nitrogens with zero attached hydrogens (tertiary/aromatic N) is 1. The van der Waals surface area contributed by atoms with Gasteiger partial charge in [-0.2, -0.15) is 0 Å². The molecule has 0 unspecified atom stereocenters. The van der Waals surface area contributed by atoms with E-state index in [2.05, 4.69) is 44.7 Å². The first-order valence-corrected chi connectivity index (χ1v) is 10.5. The van der Waals surface area contributed by atoms with Crippen molar-refractivity contribution in [3.63, 3.8) is 0 Å². The van der Waals surface area contributed by atoms with E-state index < -0.39 is 0 Å². The molecule has 0 aliphatic carbocycles. The van der Waals surface area contributed by atoms with Crippen molar-refractivity contribution in [1.82, 2.24) is 0 Å². The van der Waals surface area contributed by atoms with Gasteiger partial charge >= 0.3 is 5.63 Å². The Hall–Kier alpha value is -2.46. The predicted molar refractivity (Wildman–Crippen MR) is 118 cm³/mol. The van der Waals surface area contributed by atoms with Crippen LogP contribution in [0.3, 0.4) is 0 Å². The Kier molecular flexibility index (Phi) is 5.30. The van der Waals surface area contributed by atoms with Crippen LogP contribution in [0.1, 0.15) is 47.6 Å². The molecule has 0 bridgehead atoms. The molecule has 0 saturated heterocycles. The van der Waals surface area contributed by atoms with Crippen LogP contribution in [-0.4, -0.2) is 6.73 Å². The maximum Gasteiger partial charge on any atom is 0.336 e. The lowest BCUT2D eigenvalue weighted by Crippen LogP contribution is -2.33. The molecule has 5 heteroatoms. The molecule has 1 aliphatic rings. The smallest absolute Gasteiger partial charge is 0.336 e. The predicted octanol–water partition coefficient (Wildman–Crippen LogP) is 6.07. The number of anilines is 1. The van der Waals surface area contributed by atoms with Crippen molar-refractivity contribution >= 4 is 28.3 Å². The summed E-state index contributed by atoms with van der Waals surface area (Å²) in [6, 6.07) is 7.83. The van der Waals surface area contributed by atoms with E-state index in [4.69, 9.17) is 20.8 Å². The molecule has 1 aliphatic heterocycles. The van der Waals surface area contributed by atoms with Crippen LogP contribution >= 0.6 is 11.6 Å². The Morgan fingerprint density at radius 2 is 1.83 bits per heavy atom. The monoisotopic (exact) mass is 411 g/mol. The molecule has 0 fully saturated rings. The number of hydrogen-bond donors (Lipinski definition) is 0. The summed E-state index contributed by atoms with van der Waals surface area (Å²) >= 11 is 6.58. The van der Waals surface area contributed by atoms with Gasteiger partial charge in [0, 0.05) is 17.1 Å². The SMILES string of the molecule is CCCCc1cc(=O)oc2c3c(c(Cl)cc12)OCN(c1c(C)cc(C)cc1C)C3. The Morgan fingerprint density at radius 3 is 2.52 bits per heavy atom. The Bertz CT molecular complexity index is 1130. The first-order valence-electron chi connectivity index (χ1n) is 10.1. The van der Waals surface area contributed by atoms with E-state index in [0.29, 0.717) is 29.6 Å². The van der Waals surface area contributed by atoms with Crippen LogP contribution in [-0.2, 0) is 13.0 Å². The molecular weight excluding hydrogens is 386 g/mol. The topological polar surface area (TPSA) is 42.7 Å². The van der Waals surface area contributed by atoms with Gasteiger partial charge in [-0.3, -0.25) is 0 Å². The number of unbranched alkanes of at least 4 members (excludes halogenated alkanes) is 1. The minimum Gasteiger partial charge on any atom is -0.471 e. The number of ether oxygens (including phenoxy) is 1. The third-order valence-corrected chi connectivity index (χ3v) is 5.87. The molecule has 4 rings (SSSR count). The molecule has 0 spiro atoms. The zero-order chi connectivity index (χ0) is 20.7. The molecule has 1 aromatic heterocycles. The molecule has 0 N–H and O–H groups in total. The third kappa shape index (κ3) is 3.62. The molecular formula is C24H26ClNO3. The van der Waals surface area contributed by atoms with Crippen molar-refractivity contribution in [3.8, 4) is 5.75 Å². The second-order valence-electron chi connectivity index (χ2n) is 7.96. The lowest BCUT2D eigenvalue weighted by atomic mass is 9.99. The van der Waals surface area contributed by atoms with Gasteiger partial charge in [0.1, 0.15) is 11.3 Å². The summed E-state index contributed by atoms with van der Waals surface area (Å²) in [5.41, 5.74) is 6.89. The summed E-state index contributed by atoms with van der Waals surface area (Å²) in [5, 5.41) is 1.47. The van der Waals surface area contributed by atoms with E-state index in [1.807, 2.05) is 6.07 Å². The van der Waals surface area contributed by atoms with Gasteiger partial charge in [0.15, 0.2) is 6.73 Å². The van der Waals surface area contributed by atoms with Crippen LogP contribution in [0.15, 0.2) is 33.5 Å². The first-order chi connectivity index (χ1) is 13.9. The number of hydrogen-bond acceptors (Lipinski definition) is 4. The highest BCUT2D eigenvalue weighted by Gasteiger charge is 2.27. The fraction of sp³-hybridized carbons (Fsp3) is 0.375. The van der Waals surface area contributed by atoms with Crippen LogP contribution in [0.25, 0.3) is 11.0 Å².